The fraction of sp³-hybridized carbons (Fsp3) is 0.350. The zero-order valence-corrected chi connectivity index (χ0v) is 15.0. The summed E-state index contributed by atoms with van der Waals surface area (Å²) in [6, 6.07) is 11.6. The summed E-state index contributed by atoms with van der Waals surface area (Å²) in [6.45, 7) is 5.82. The van der Waals surface area contributed by atoms with Gasteiger partial charge in [0.15, 0.2) is 0 Å². The van der Waals surface area contributed by atoms with Gasteiger partial charge in [0.05, 0.1) is 17.6 Å². The number of nitrogens with zero attached hydrogens (tertiary/aromatic N) is 4. The lowest BCUT2D eigenvalue weighted by Crippen LogP contribution is -2.28. The Morgan fingerprint density at radius 2 is 1.92 bits per heavy atom. The van der Waals surface area contributed by atoms with Crippen molar-refractivity contribution in [1.82, 2.24) is 19.4 Å². The van der Waals surface area contributed by atoms with Crippen molar-refractivity contribution in [2.75, 3.05) is 7.05 Å². The first-order chi connectivity index (χ1) is 12.1. The largest absolute Gasteiger partial charge is 0.334 e. The monoisotopic (exact) mass is 336 g/mol. The van der Waals surface area contributed by atoms with Crippen molar-refractivity contribution in [2.45, 2.75) is 33.4 Å². The number of pyridine rings is 1. The van der Waals surface area contributed by atoms with Crippen LogP contribution in [0.3, 0.4) is 0 Å². The lowest BCUT2D eigenvalue weighted by molar-refractivity contribution is 0.0780. The van der Waals surface area contributed by atoms with Crippen LogP contribution in [0.4, 0.5) is 0 Å². The van der Waals surface area contributed by atoms with Gasteiger partial charge >= 0.3 is 0 Å². The molecule has 2 heterocycles. The van der Waals surface area contributed by atoms with Gasteiger partial charge in [-0.15, -0.1) is 0 Å². The Balaban J connectivity index is 1.89. The van der Waals surface area contributed by atoms with Crippen molar-refractivity contribution in [3.05, 3.63) is 60.2 Å². The van der Waals surface area contributed by atoms with E-state index >= 15 is 0 Å². The van der Waals surface area contributed by atoms with Crippen LogP contribution in [0.5, 0.6) is 0 Å². The maximum Gasteiger partial charge on any atom is 0.254 e. The van der Waals surface area contributed by atoms with Gasteiger partial charge in [-0.1, -0.05) is 32.4 Å². The van der Waals surface area contributed by atoms with Crippen LogP contribution >= 0.6 is 0 Å². The minimum atomic E-state index is -0.0236. The first kappa shape index (κ1) is 17.1. The van der Waals surface area contributed by atoms with Crippen LogP contribution < -0.4 is 0 Å². The lowest BCUT2D eigenvalue weighted by Gasteiger charge is -2.19. The van der Waals surface area contributed by atoms with Gasteiger partial charge in [-0.3, -0.25) is 9.78 Å². The number of para-hydroxylation sites is 2. The summed E-state index contributed by atoms with van der Waals surface area (Å²) in [5.41, 5.74) is 2.75. The summed E-state index contributed by atoms with van der Waals surface area (Å²) in [6.07, 6.45) is 4.39. The van der Waals surface area contributed by atoms with Gasteiger partial charge in [0, 0.05) is 31.5 Å². The third kappa shape index (κ3) is 3.71. The molecule has 1 amide bonds. The SMILES string of the molecule is CCC(C)Cn1c(CN(C)C(=O)c2ccncc2)nc2ccccc21. The molecule has 3 aromatic rings. The van der Waals surface area contributed by atoms with Gasteiger partial charge in [0.25, 0.3) is 5.91 Å². The van der Waals surface area contributed by atoms with Gasteiger partial charge in [0.2, 0.25) is 0 Å². The third-order valence-electron chi connectivity index (χ3n) is 4.58. The molecule has 1 aromatic carbocycles. The summed E-state index contributed by atoms with van der Waals surface area (Å²) in [5.74, 6) is 1.45. The van der Waals surface area contributed by atoms with Gasteiger partial charge in [-0.25, -0.2) is 4.98 Å². The van der Waals surface area contributed by atoms with E-state index in [1.165, 1.54) is 0 Å². The third-order valence-corrected chi connectivity index (χ3v) is 4.58. The van der Waals surface area contributed by atoms with Crippen molar-refractivity contribution < 1.29 is 4.79 Å². The highest BCUT2D eigenvalue weighted by molar-refractivity contribution is 5.93. The topological polar surface area (TPSA) is 51.0 Å². The van der Waals surface area contributed by atoms with E-state index in [0.29, 0.717) is 18.0 Å². The number of fused-ring (bicyclic) bond motifs is 1. The first-order valence-corrected chi connectivity index (χ1v) is 8.69. The van der Waals surface area contributed by atoms with Crippen LogP contribution in [-0.2, 0) is 13.1 Å². The molecule has 0 bridgehead atoms. The number of amides is 1. The van der Waals surface area contributed by atoms with E-state index in [1.54, 1.807) is 29.4 Å². The normalized spacial score (nSPS) is 12.3. The summed E-state index contributed by atoms with van der Waals surface area (Å²) < 4.78 is 2.25. The Morgan fingerprint density at radius 1 is 1.20 bits per heavy atom. The molecule has 2 aromatic heterocycles. The molecule has 0 aliphatic heterocycles. The highest BCUT2D eigenvalue weighted by atomic mass is 16.2. The fourth-order valence-electron chi connectivity index (χ4n) is 2.89. The molecule has 25 heavy (non-hydrogen) atoms. The number of benzene rings is 1. The molecule has 0 saturated carbocycles. The van der Waals surface area contributed by atoms with Gasteiger partial charge < -0.3 is 9.47 Å². The van der Waals surface area contributed by atoms with Gasteiger partial charge in [-0.2, -0.15) is 0 Å². The number of aromatic nitrogens is 3. The molecule has 3 rings (SSSR count). The summed E-state index contributed by atoms with van der Waals surface area (Å²) >= 11 is 0. The van der Waals surface area contributed by atoms with E-state index in [1.807, 2.05) is 25.2 Å². The van der Waals surface area contributed by atoms with Crippen LogP contribution in [0.25, 0.3) is 11.0 Å². The number of carbonyl (C=O) groups is 1. The van der Waals surface area contributed by atoms with E-state index in [2.05, 4.69) is 29.5 Å². The molecular formula is C20H24N4O. The summed E-state index contributed by atoms with van der Waals surface area (Å²) in [4.78, 5) is 23.1. The van der Waals surface area contributed by atoms with E-state index in [-0.39, 0.29) is 5.91 Å². The Bertz CT molecular complexity index is 857. The van der Waals surface area contributed by atoms with E-state index < -0.39 is 0 Å². The minimum Gasteiger partial charge on any atom is -0.334 e. The van der Waals surface area contributed by atoms with Gasteiger partial charge in [0.1, 0.15) is 5.82 Å². The van der Waals surface area contributed by atoms with Crippen molar-refractivity contribution >= 4 is 16.9 Å². The Kier molecular flexibility index (Phi) is 5.12. The molecule has 0 saturated heterocycles. The predicted octanol–water partition coefficient (Wildman–Crippen LogP) is 3.75. The quantitative estimate of drug-likeness (QED) is 0.689. The Morgan fingerprint density at radius 3 is 2.64 bits per heavy atom. The molecule has 5 nitrogen and oxygen atoms in total. The van der Waals surface area contributed by atoms with Gasteiger partial charge in [-0.05, 0) is 30.2 Å². The first-order valence-electron chi connectivity index (χ1n) is 8.69. The molecule has 130 valence electrons. The molecule has 1 atom stereocenters. The number of hydrogen-bond acceptors (Lipinski definition) is 3. The average Bonchev–Trinajstić information content (AvgIpc) is 2.98. The molecule has 0 spiro atoms. The van der Waals surface area contributed by atoms with Crippen molar-refractivity contribution in [3.63, 3.8) is 0 Å². The average molecular weight is 336 g/mol. The predicted molar refractivity (Wildman–Crippen MR) is 99.2 cm³/mol. The number of rotatable bonds is 6. The maximum atomic E-state index is 12.6. The fourth-order valence-corrected chi connectivity index (χ4v) is 2.89. The molecular weight excluding hydrogens is 312 g/mol. The second-order valence-electron chi connectivity index (χ2n) is 6.54. The minimum absolute atomic E-state index is 0.0236. The molecule has 0 fully saturated rings. The van der Waals surface area contributed by atoms with E-state index in [4.69, 9.17) is 4.98 Å². The van der Waals surface area contributed by atoms with Crippen LogP contribution in [0.2, 0.25) is 0 Å². The maximum absolute atomic E-state index is 12.6. The number of carbonyl (C=O) groups excluding carboxylic acids is 1. The molecule has 0 aliphatic rings. The highest BCUT2D eigenvalue weighted by Crippen LogP contribution is 2.20. The Labute approximate surface area is 148 Å². The molecule has 0 radical (unpaired) electrons. The zero-order valence-electron chi connectivity index (χ0n) is 15.0. The van der Waals surface area contributed by atoms with Crippen LogP contribution in [-0.4, -0.2) is 32.4 Å². The second kappa shape index (κ2) is 7.47. The lowest BCUT2D eigenvalue weighted by atomic mass is 10.1. The van der Waals surface area contributed by atoms with Crippen LogP contribution in [0.1, 0.15) is 36.5 Å². The highest BCUT2D eigenvalue weighted by Gasteiger charge is 2.17. The summed E-state index contributed by atoms with van der Waals surface area (Å²) in [5, 5.41) is 0. The standard InChI is InChI=1S/C20H24N4O/c1-4-15(2)13-24-18-8-6-5-7-17(18)22-19(24)14-23(3)20(25)16-9-11-21-12-10-16/h5-12,15H,4,13-14H2,1-3H3. The Hall–Kier alpha value is -2.69. The van der Waals surface area contributed by atoms with Crippen molar-refractivity contribution in [1.29, 1.82) is 0 Å². The number of hydrogen-bond donors (Lipinski definition) is 0. The van der Waals surface area contributed by atoms with E-state index in [9.17, 15) is 4.79 Å². The molecule has 0 N–H and O–H groups in total. The van der Waals surface area contributed by atoms with Crippen LogP contribution in [0.15, 0.2) is 48.8 Å². The molecule has 5 heteroatoms. The summed E-state index contributed by atoms with van der Waals surface area (Å²) in [7, 11) is 1.82. The number of imidazole rings is 1. The smallest absolute Gasteiger partial charge is 0.254 e. The van der Waals surface area contributed by atoms with Crippen molar-refractivity contribution in [2.24, 2.45) is 5.92 Å². The van der Waals surface area contributed by atoms with E-state index in [0.717, 1.165) is 29.8 Å². The molecule has 0 aliphatic carbocycles. The van der Waals surface area contributed by atoms with Crippen LogP contribution in [0, 0.1) is 5.92 Å². The van der Waals surface area contributed by atoms with Crippen molar-refractivity contribution in [3.8, 4) is 0 Å². The second-order valence-corrected chi connectivity index (χ2v) is 6.54. The zero-order chi connectivity index (χ0) is 17.8. The molecule has 1 unspecified atom stereocenters.